The zero-order valence-corrected chi connectivity index (χ0v) is 27.4. The first-order chi connectivity index (χ1) is 24.6. The Labute approximate surface area is 297 Å². The van der Waals surface area contributed by atoms with Crippen LogP contribution in [0, 0.1) is 0 Å². The Balaban J connectivity index is 1.32. The zero-order chi connectivity index (χ0) is 37.6. The summed E-state index contributed by atoms with van der Waals surface area (Å²) in [5.41, 5.74) is -2.05. The van der Waals surface area contributed by atoms with E-state index < -0.39 is 58.4 Å². The van der Waals surface area contributed by atoms with Crippen molar-refractivity contribution in [2.75, 3.05) is 5.32 Å². The Morgan fingerprint density at radius 1 is 0.712 bits per heavy atom. The van der Waals surface area contributed by atoms with Gasteiger partial charge in [0.25, 0.3) is 11.8 Å². The second kappa shape index (κ2) is 15.6. The summed E-state index contributed by atoms with van der Waals surface area (Å²) in [6.07, 6.45) is -10.6. The van der Waals surface area contributed by atoms with Gasteiger partial charge in [0.1, 0.15) is 18.4 Å². The van der Waals surface area contributed by atoms with E-state index in [2.05, 4.69) is 10.6 Å². The van der Waals surface area contributed by atoms with Gasteiger partial charge in [0.2, 0.25) is 0 Å². The molecule has 0 radical (unpaired) electrons. The molecular weight excluding hydrogens is 714 g/mol. The highest BCUT2D eigenvalue weighted by Gasteiger charge is 2.37. The molecule has 0 aliphatic rings. The molecule has 268 valence electrons. The fraction of sp³-hybridized carbons (Fsp3) is 0.132. The number of anilines is 1. The second-order valence-corrected chi connectivity index (χ2v) is 11.9. The van der Waals surface area contributed by atoms with Crippen LogP contribution in [0.15, 0.2) is 115 Å². The predicted molar refractivity (Wildman–Crippen MR) is 181 cm³/mol. The monoisotopic (exact) mass is 740 g/mol. The van der Waals surface area contributed by atoms with Crippen LogP contribution in [0.3, 0.4) is 0 Å². The quantitative estimate of drug-likeness (QED) is 0.117. The molecule has 3 N–H and O–H groups in total. The van der Waals surface area contributed by atoms with Crippen molar-refractivity contribution in [1.82, 2.24) is 5.32 Å². The molecule has 0 aliphatic heterocycles. The largest absolute Gasteiger partial charge is 0.488 e. The highest BCUT2D eigenvalue weighted by Crippen LogP contribution is 2.37. The van der Waals surface area contributed by atoms with E-state index in [0.717, 1.165) is 28.8 Å². The van der Waals surface area contributed by atoms with Crippen LogP contribution < -0.4 is 15.4 Å². The molecule has 1 atom stereocenters. The summed E-state index contributed by atoms with van der Waals surface area (Å²) in [4.78, 5) is 38.5. The molecule has 52 heavy (non-hydrogen) atoms. The van der Waals surface area contributed by atoms with Crippen LogP contribution in [0.2, 0.25) is 5.02 Å². The van der Waals surface area contributed by atoms with Gasteiger partial charge in [-0.1, -0.05) is 84.4 Å². The van der Waals surface area contributed by atoms with E-state index in [0.29, 0.717) is 17.9 Å². The van der Waals surface area contributed by atoms with E-state index >= 15 is 0 Å². The van der Waals surface area contributed by atoms with Gasteiger partial charge in [-0.3, -0.25) is 9.59 Å². The smallest absolute Gasteiger partial charge is 0.416 e. The summed E-state index contributed by atoms with van der Waals surface area (Å²) in [5.74, 6) is -3.21. The SMILES string of the molecule is O=C(Nc1ccc(Cl)cc1C(=O)N[C@@H](Cc1ccc(-c2ccccc2OCc2ccccc2)cc1)C(=O)O)c1cc(C(F)(F)F)cc(C(F)(F)F)c1. The van der Waals surface area contributed by atoms with Gasteiger partial charge in [-0.05, 0) is 59.2 Å². The lowest BCUT2D eigenvalue weighted by atomic mass is 9.99. The van der Waals surface area contributed by atoms with Gasteiger partial charge in [0.05, 0.1) is 22.4 Å². The molecule has 0 aromatic heterocycles. The molecule has 5 aromatic rings. The number of amides is 2. The predicted octanol–water partition coefficient (Wildman–Crippen LogP) is 9.30. The van der Waals surface area contributed by atoms with Gasteiger partial charge in [-0.2, -0.15) is 26.3 Å². The normalized spacial score (nSPS) is 12.1. The first-order valence-electron chi connectivity index (χ1n) is 15.4. The van der Waals surface area contributed by atoms with Gasteiger partial charge in [0, 0.05) is 22.6 Å². The maximum atomic E-state index is 13.4. The van der Waals surface area contributed by atoms with Crippen LogP contribution in [-0.2, 0) is 30.2 Å². The summed E-state index contributed by atoms with van der Waals surface area (Å²) in [6, 6.07) is 26.1. The third kappa shape index (κ3) is 9.49. The molecule has 0 saturated heterocycles. The number of hydrogen-bond donors (Lipinski definition) is 3. The highest BCUT2D eigenvalue weighted by molar-refractivity contribution is 6.31. The third-order valence-electron chi connectivity index (χ3n) is 7.76. The molecule has 5 rings (SSSR count). The van der Waals surface area contributed by atoms with Crippen LogP contribution in [0.25, 0.3) is 11.1 Å². The topological polar surface area (TPSA) is 105 Å². The molecule has 0 spiro atoms. The number of carbonyl (C=O) groups is 3. The fourth-order valence-electron chi connectivity index (χ4n) is 5.15. The number of para-hydroxylation sites is 1. The Morgan fingerprint density at radius 2 is 1.33 bits per heavy atom. The second-order valence-electron chi connectivity index (χ2n) is 11.5. The number of carboxylic acids is 1. The van der Waals surface area contributed by atoms with Gasteiger partial charge < -0.3 is 20.5 Å². The van der Waals surface area contributed by atoms with Gasteiger partial charge >= 0.3 is 18.3 Å². The molecule has 7 nitrogen and oxygen atoms in total. The molecule has 0 unspecified atom stereocenters. The minimum Gasteiger partial charge on any atom is -0.488 e. The summed E-state index contributed by atoms with van der Waals surface area (Å²) in [7, 11) is 0. The zero-order valence-electron chi connectivity index (χ0n) is 26.7. The number of carboxylic acid groups (broad SMARTS) is 1. The lowest BCUT2D eigenvalue weighted by Gasteiger charge is -2.18. The van der Waals surface area contributed by atoms with Crippen molar-refractivity contribution in [1.29, 1.82) is 0 Å². The fourth-order valence-corrected chi connectivity index (χ4v) is 5.32. The number of ether oxygens (including phenoxy) is 1. The maximum Gasteiger partial charge on any atom is 0.416 e. The Hall–Kier alpha value is -5.82. The number of nitrogens with one attached hydrogen (secondary N) is 2. The van der Waals surface area contributed by atoms with E-state index in [1.807, 2.05) is 54.6 Å². The number of hydrogen-bond acceptors (Lipinski definition) is 4. The molecule has 0 bridgehead atoms. The van der Waals surface area contributed by atoms with Crippen LogP contribution in [0.4, 0.5) is 32.0 Å². The van der Waals surface area contributed by atoms with Crippen LogP contribution in [0.1, 0.15) is 43.0 Å². The highest BCUT2D eigenvalue weighted by atomic mass is 35.5. The maximum absolute atomic E-state index is 13.4. The molecule has 2 amide bonds. The van der Waals surface area contributed by atoms with Crippen LogP contribution >= 0.6 is 11.6 Å². The number of alkyl halides is 6. The van der Waals surface area contributed by atoms with Crippen LogP contribution in [-0.4, -0.2) is 28.9 Å². The van der Waals surface area contributed by atoms with E-state index in [1.165, 1.54) is 6.07 Å². The molecule has 5 aromatic carbocycles. The van der Waals surface area contributed by atoms with Crippen molar-refractivity contribution in [2.24, 2.45) is 0 Å². The van der Waals surface area contributed by atoms with Gasteiger partial charge in [-0.15, -0.1) is 0 Å². The average molecular weight is 741 g/mol. The molecule has 14 heteroatoms. The third-order valence-corrected chi connectivity index (χ3v) is 7.99. The van der Waals surface area contributed by atoms with Crippen molar-refractivity contribution in [3.8, 4) is 16.9 Å². The molecular formula is C38H27ClF6N2O5. The number of benzene rings is 5. The average Bonchev–Trinajstić information content (AvgIpc) is 3.11. The van der Waals surface area contributed by atoms with E-state index in [4.69, 9.17) is 16.3 Å². The van der Waals surface area contributed by atoms with Crippen molar-refractivity contribution >= 4 is 35.1 Å². The number of carbonyl (C=O) groups excluding carboxylic acids is 2. The van der Waals surface area contributed by atoms with Crippen molar-refractivity contribution in [3.63, 3.8) is 0 Å². The van der Waals surface area contributed by atoms with E-state index in [9.17, 15) is 45.8 Å². The summed E-state index contributed by atoms with van der Waals surface area (Å²) < 4.78 is 86.2. The Kier molecular flexibility index (Phi) is 11.2. The lowest BCUT2D eigenvalue weighted by molar-refractivity contribution is -0.143. The first kappa shape index (κ1) is 37.4. The molecule has 0 saturated carbocycles. The molecule has 0 heterocycles. The lowest BCUT2D eigenvalue weighted by Crippen LogP contribution is -2.42. The first-order valence-corrected chi connectivity index (χ1v) is 15.8. The van der Waals surface area contributed by atoms with Crippen molar-refractivity contribution in [2.45, 2.75) is 31.4 Å². The Bertz CT molecular complexity index is 2060. The van der Waals surface area contributed by atoms with Crippen molar-refractivity contribution in [3.05, 3.63) is 154 Å². The van der Waals surface area contributed by atoms with Crippen molar-refractivity contribution < 1.29 is 50.6 Å². The van der Waals surface area contributed by atoms with E-state index in [-0.39, 0.29) is 35.3 Å². The van der Waals surface area contributed by atoms with E-state index in [1.54, 1.807) is 24.3 Å². The standard InChI is InChI=1S/C38H27ClF6N2O5/c39-28-14-15-31(46-34(48)25-17-26(37(40,41)42)19-27(18-25)38(43,44)45)30(20-28)35(49)47-32(36(50)51)16-22-10-12-24(13-11-22)29-8-4-5-9-33(29)52-21-23-6-2-1-3-7-23/h1-15,17-20,32H,16,21H2,(H,46,48)(H,47,49)(H,50,51)/t32-/m0/s1. The van der Waals surface area contributed by atoms with Gasteiger partial charge in [0.15, 0.2) is 0 Å². The van der Waals surface area contributed by atoms with Gasteiger partial charge in [-0.25, -0.2) is 4.79 Å². The summed E-state index contributed by atoms with van der Waals surface area (Å²) in [5, 5.41) is 14.4. The minimum atomic E-state index is -5.20. The minimum absolute atomic E-state index is 0.0305. The number of halogens is 7. The summed E-state index contributed by atoms with van der Waals surface area (Å²) >= 11 is 6.04. The number of aliphatic carboxylic acids is 1. The summed E-state index contributed by atoms with van der Waals surface area (Å²) in [6.45, 7) is 0.345. The molecule has 0 fully saturated rings. The molecule has 0 aliphatic carbocycles. The Morgan fingerprint density at radius 3 is 1.94 bits per heavy atom. The number of rotatable bonds is 11. The van der Waals surface area contributed by atoms with Crippen LogP contribution in [0.5, 0.6) is 5.75 Å².